The molecule has 1 amide bonds. The van der Waals surface area contributed by atoms with E-state index in [4.69, 9.17) is 0 Å². The van der Waals surface area contributed by atoms with Gasteiger partial charge < -0.3 is 9.88 Å². The number of aromatic nitrogens is 2. The van der Waals surface area contributed by atoms with Gasteiger partial charge in [0.25, 0.3) is 0 Å². The summed E-state index contributed by atoms with van der Waals surface area (Å²) in [5.74, 6) is 1.39. The maximum Gasteiger partial charge on any atom is 0.223 e. The van der Waals surface area contributed by atoms with E-state index in [2.05, 4.69) is 14.9 Å². The van der Waals surface area contributed by atoms with Gasteiger partial charge in [0.1, 0.15) is 5.82 Å². The third-order valence-electron chi connectivity index (χ3n) is 4.60. The summed E-state index contributed by atoms with van der Waals surface area (Å²) in [5, 5.41) is 0. The highest BCUT2D eigenvalue weighted by molar-refractivity contribution is 7.91. The zero-order valence-electron chi connectivity index (χ0n) is 13.6. The van der Waals surface area contributed by atoms with Crippen molar-refractivity contribution in [1.29, 1.82) is 0 Å². The van der Waals surface area contributed by atoms with Gasteiger partial charge in [0.05, 0.1) is 24.1 Å². The lowest BCUT2D eigenvalue weighted by Crippen LogP contribution is -2.60. The molecule has 0 saturated carbocycles. The summed E-state index contributed by atoms with van der Waals surface area (Å²) in [6, 6.07) is -0.357. The van der Waals surface area contributed by atoms with E-state index in [1.807, 2.05) is 13.8 Å². The first-order chi connectivity index (χ1) is 10.9. The quantitative estimate of drug-likeness (QED) is 0.850. The summed E-state index contributed by atoms with van der Waals surface area (Å²) in [5.41, 5.74) is 0. The molecule has 1 aromatic heterocycles. The van der Waals surface area contributed by atoms with Crippen molar-refractivity contribution in [2.45, 2.75) is 38.9 Å². The number of rotatable bonds is 4. The van der Waals surface area contributed by atoms with Crippen LogP contribution < -0.4 is 0 Å². The van der Waals surface area contributed by atoms with Crippen LogP contribution in [-0.4, -0.2) is 70.8 Å². The zero-order valence-corrected chi connectivity index (χ0v) is 14.4. The number of hydrogen-bond donors (Lipinski definition) is 1. The van der Waals surface area contributed by atoms with Gasteiger partial charge >= 0.3 is 0 Å². The van der Waals surface area contributed by atoms with Gasteiger partial charge in [-0.05, 0) is 5.92 Å². The van der Waals surface area contributed by atoms with Gasteiger partial charge in [-0.15, -0.1) is 0 Å². The summed E-state index contributed by atoms with van der Waals surface area (Å²) >= 11 is 0. The number of fused-ring (bicyclic) bond motifs is 1. The Hall–Kier alpha value is -1.41. The van der Waals surface area contributed by atoms with Crippen molar-refractivity contribution in [3.05, 3.63) is 18.2 Å². The van der Waals surface area contributed by atoms with Gasteiger partial charge in [-0.2, -0.15) is 0 Å². The predicted octanol–water partition coefficient (Wildman–Crippen LogP) is 0.266. The molecule has 0 aromatic carbocycles. The number of H-pyrrole nitrogens is 1. The van der Waals surface area contributed by atoms with Crippen LogP contribution in [0.2, 0.25) is 0 Å². The van der Waals surface area contributed by atoms with E-state index >= 15 is 0 Å². The van der Waals surface area contributed by atoms with Crippen LogP contribution in [0.25, 0.3) is 0 Å². The molecule has 128 valence electrons. The second-order valence-electron chi connectivity index (χ2n) is 6.90. The fraction of sp³-hybridized carbons (Fsp3) is 0.733. The molecule has 2 fully saturated rings. The van der Waals surface area contributed by atoms with E-state index in [0.29, 0.717) is 26.1 Å². The van der Waals surface area contributed by atoms with E-state index < -0.39 is 9.84 Å². The minimum atomic E-state index is -3.10. The molecule has 8 heteroatoms. The van der Waals surface area contributed by atoms with Gasteiger partial charge in [0.15, 0.2) is 9.84 Å². The zero-order chi connectivity index (χ0) is 16.6. The molecular formula is C15H24N4O3S. The summed E-state index contributed by atoms with van der Waals surface area (Å²) in [6.45, 7) is 5.88. The van der Waals surface area contributed by atoms with Crippen molar-refractivity contribution in [3.8, 4) is 0 Å². The number of amides is 1. The number of sulfone groups is 1. The number of nitrogens with one attached hydrogen (secondary N) is 1. The first-order valence-electron chi connectivity index (χ1n) is 8.08. The van der Waals surface area contributed by atoms with E-state index in [-0.39, 0.29) is 35.4 Å². The van der Waals surface area contributed by atoms with E-state index in [9.17, 15) is 13.2 Å². The number of aromatic amines is 1. The lowest BCUT2D eigenvalue weighted by molar-refractivity contribution is -0.137. The third kappa shape index (κ3) is 3.58. The second-order valence-corrected chi connectivity index (χ2v) is 9.06. The molecule has 0 aliphatic carbocycles. The van der Waals surface area contributed by atoms with Crippen LogP contribution in [-0.2, 0) is 21.2 Å². The molecule has 3 heterocycles. The normalized spacial score (nSPS) is 27.3. The summed E-state index contributed by atoms with van der Waals surface area (Å²) < 4.78 is 24.3. The lowest BCUT2D eigenvalue weighted by Gasteiger charge is -2.43. The monoisotopic (exact) mass is 340 g/mol. The highest BCUT2D eigenvalue weighted by Crippen LogP contribution is 2.28. The SMILES string of the molecule is CC(C)CC(=O)N1CCN(Cc2ncc[nH]2)[C@H]2CS(=O)(=O)C[C@H]21. The number of imidazole rings is 1. The third-order valence-corrected chi connectivity index (χ3v) is 6.30. The van der Waals surface area contributed by atoms with Crippen LogP contribution in [0.5, 0.6) is 0 Å². The minimum Gasteiger partial charge on any atom is -0.348 e. The standard InChI is InChI=1S/C15H24N4O3S/c1-11(2)7-15(20)19-6-5-18(8-14-16-3-4-17-14)12-9-23(21,22)10-13(12)19/h3-4,11-13H,5-10H2,1-2H3,(H,16,17)/t12-,13+/m0/s1. The highest BCUT2D eigenvalue weighted by Gasteiger charge is 2.47. The van der Waals surface area contributed by atoms with Crippen LogP contribution >= 0.6 is 0 Å². The molecule has 0 radical (unpaired) electrons. The van der Waals surface area contributed by atoms with Gasteiger partial charge in [-0.1, -0.05) is 13.8 Å². The van der Waals surface area contributed by atoms with Crippen LogP contribution in [0.3, 0.4) is 0 Å². The topological polar surface area (TPSA) is 86.4 Å². The molecule has 1 N–H and O–H groups in total. The molecule has 2 aliphatic heterocycles. The van der Waals surface area contributed by atoms with Crippen molar-refractivity contribution < 1.29 is 13.2 Å². The van der Waals surface area contributed by atoms with Gasteiger partial charge in [0, 0.05) is 37.9 Å². The van der Waals surface area contributed by atoms with Crippen LogP contribution in [0.15, 0.2) is 12.4 Å². The number of piperazine rings is 1. The first kappa shape index (κ1) is 16.4. The summed E-state index contributed by atoms with van der Waals surface area (Å²) in [6.07, 6.45) is 3.93. The second kappa shape index (κ2) is 6.24. The van der Waals surface area contributed by atoms with E-state index in [1.165, 1.54) is 0 Å². The number of carbonyl (C=O) groups excluding carboxylic acids is 1. The Labute approximate surface area is 137 Å². The van der Waals surface area contributed by atoms with Crippen molar-refractivity contribution >= 4 is 15.7 Å². The molecule has 0 unspecified atom stereocenters. The number of carbonyl (C=O) groups is 1. The molecule has 2 aliphatic rings. The summed E-state index contributed by atoms with van der Waals surface area (Å²) in [7, 11) is -3.10. The summed E-state index contributed by atoms with van der Waals surface area (Å²) in [4.78, 5) is 23.7. The first-order valence-corrected chi connectivity index (χ1v) is 9.90. The van der Waals surface area contributed by atoms with Crippen LogP contribution in [0.4, 0.5) is 0 Å². The Balaban J connectivity index is 1.78. The van der Waals surface area contributed by atoms with E-state index in [1.54, 1.807) is 17.3 Å². The van der Waals surface area contributed by atoms with Crippen molar-refractivity contribution in [2.24, 2.45) is 5.92 Å². The van der Waals surface area contributed by atoms with Crippen molar-refractivity contribution in [3.63, 3.8) is 0 Å². The van der Waals surface area contributed by atoms with Gasteiger partial charge in [0.2, 0.25) is 5.91 Å². The average molecular weight is 340 g/mol. The molecule has 3 rings (SSSR count). The van der Waals surface area contributed by atoms with Crippen LogP contribution in [0, 0.1) is 5.92 Å². The Bertz CT molecular complexity index is 656. The van der Waals surface area contributed by atoms with Crippen LogP contribution in [0.1, 0.15) is 26.1 Å². The molecule has 23 heavy (non-hydrogen) atoms. The molecular weight excluding hydrogens is 316 g/mol. The highest BCUT2D eigenvalue weighted by atomic mass is 32.2. The predicted molar refractivity (Wildman–Crippen MR) is 86.4 cm³/mol. The Morgan fingerprint density at radius 2 is 2.09 bits per heavy atom. The van der Waals surface area contributed by atoms with E-state index in [0.717, 1.165) is 5.82 Å². The Kier molecular flexibility index (Phi) is 4.46. The molecule has 7 nitrogen and oxygen atoms in total. The minimum absolute atomic E-state index is 0.0738. The van der Waals surface area contributed by atoms with Crippen molar-refractivity contribution in [1.82, 2.24) is 19.8 Å². The average Bonchev–Trinajstić information content (AvgIpc) is 3.04. The number of hydrogen-bond acceptors (Lipinski definition) is 5. The fourth-order valence-corrected chi connectivity index (χ4v) is 5.59. The van der Waals surface area contributed by atoms with Gasteiger partial charge in [-0.25, -0.2) is 13.4 Å². The maximum absolute atomic E-state index is 12.5. The molecule has 2 saturated heterocycles. The molecule has 2 atom stereocenters. The van der Waals surface area contributed by atoms with Gasteiger partial charge in [-0.3, -0.25) is 9.69 Å². The smallest absolute Gasteiger partial charge is 0.223 e. The number of nitrogens with zero attached hydrogens (tertiary/aromatic N) is 3. The molecule has 0 bridgehead atoms. The van der Waals surface area contributed by atoms with Crippen molar-refractivity contribution in [2.75, 3.05) is 24.6 Å². The fourth-order valence-electron chi connectivity index (χ4n) is 3.57. The Morgan fingerprint density at radius 3 is 2.74 bits per heavy atom. The largest absolute Gasteiger partial charge is 0.348 e. The molecule has 0 spiro atoms. The maximum atomic E-state index is 12.5. The Morgan fingerprint density at radius 1 is 1.35 bits per heavy atom. The molecule has 1 aromatic rings. The lowest BCUT2D eigenvalue weighted by atomic mass is 10.0.